The topological polar surface area (TPSA) is 72.5 Å². The molecule has 1 unspecified atom stereocenters. The second kappa shape index (κ2) is 11.2. The van der Waals surface area contributed by atoms with Crippen molar-refractivity contribution < 1.29 is 4.79 Å². The fourth-order valence-electron chi connectivity index (χ4n) is 2.74. The number of carbonyl (C=O) groups is 1. The van der Waals surface area contributed by atoms with E-state index in [1.807, 2.05) is 6.07 Å². The normalized spacial score (nSPS) is 12.4. The quantitative estimate of drug-likeness (QED) is 0.321. The van der Waals surface area contributed by atoms with Crippen molar-refractivity contribution in [2.75, 3.05) is 27.2 Å². The minimum atomic E-state index is -0.0114. The Bertz CT molecular complexity index is 769. The van der Waals surface area contributed by atoms with E-state index in [9.17, 15) is 4.79 Å². The van der Waals surface area contributed by atoms with Crippen LogP contribution in [-0.2, 0) is 11.2 Å². The standard InChI is InChI=1S/C20H31N5O.HI/c1-6-14(2)23-20(22-13-19(26)25(4)5)21-12-11-16-15(3)24-18-10-8-7-9-17(16)18;/h7-10,14,24H,6,11-13H2,1-5H3,(H2,21,22,23);1H. The van der Waals surface area contributed by atoms with Crippen molar-refractivity contribution >= 4 is 46.7 Å². The Hall–Kier alpha value is -1.77. The van der Waals surface area contributed by atoms with Gasteiger partial charge in [-0.3, -0.25) is 4.79 Å². The molecule has 1 aromatic heterocycles. The molecule has 1 heterocycles. The number of amides is 1. The molecule has 0 aliphatic heterocycles. The maximum absolute atomic E-state index is 11.8. The Balaban J connectivity index is 0.00000364. The minimum absolute atomic E-state index is 0. The number of carbonyl (C=O) groups excluding carboxylic acids is 1. The molecule has 27 heavy (non-hydrogen) atoms. The molecule has 150 valence electrons. The van der Waals surface area contributed by atoms with Gasteiger partial charge in [-0.25, -0.2) is 4.99 Å². The van der Waals surface area contributed by atoms with Gasteiger partial charge < -0.3 is 20.5 Å². The molecule has 1 aromatic carbocycles. The van der Waals surface area contributed by atoms with E-state index < -0.39 is 0 Å². The molecule has 2 aromatic rings. The van der Waals surface area contributed by atoms with Crippen molar-refractivity contribution in [3.8, 4) is 0 Å². The average Bonchev–Trinajstić information content (AvgIpc) is 2.94. The zero-order valence-electron chi connectivity index (χ0n) is 16.9. The smallest absolute Gasteiger partial charge is 0.243 e. The Labute approximate surface area is 179 Å². The van der Waals surface area contributed by atoms with E-state index >= 15 is 0 Å². The summed E-state index contributed by atoms with van der Waals surface area (Å²) in [5.74, 6) is 0.676. The molecule has 7 heteroatoms. The van der Waals surface area contributed by atoms with Crippen LogP contribution in [0, 0.1) is 6.92 Å². The van der Waals surface area contributed by atoms with Gasteiger partial charge in [-0.1, -0.05) is 25.1 Å². The molecular weight excluding hydrogens is 453 g/mol. The first kappa shape index (κ1) is 23.3. The van der Waals surface area contributed by atoms with Gasteiger partial charge in [-0.2, -0.15) is 0 Å². The number of rotatable bonds is 7. The third-order valence-corrected chi connectivity index (χ3v) is 4.56. The van der Waals surface area contributed by atoms with Gasteiger partial charge in [0.25, 0.3) is 0 Å². The molecule has 6 nitrogen and oxygen atoms in total. The van der Waals surface area contributed by atoms with Crippen molar-refractivity contribution in [2.45, 2.75) is 39.7 Å². The number of H-pyrrole nitrogens is 1. The lowest BCUT2D eigenvalue weighted by Gasteiger charge is -2.17. The number of nitrogens with one attached hydrogen (secondary N) is 3. The molecule has 0 spiro atoms. The van der Waals surface area contributed by atoms with E-state index in [0.29, 0.717) is 12.0 Å². The van der Waals surface area contributed by atoms with Crippen LogP contribution in [0.3, 0.4) is 0 Å². The number of aromatic nitrogens is 1. The summed E-state index contributed by atoms with van der Waals surface area (Å²) >= 11 is 0. The van der Waals surface area contributed by atoms with Crippen LogP contribution in [0.1, 0.15) is 31.5 Å². The number of para-hydroxylation sites is 1. The molecule has 3 N–H and O–H groups in total. The summed E-state index contributed by atoms with van der Waals surface area (Å²) in [4.78, 5) is 21.2. The van der Waals surface area contributed by atoms with Crippen LogP contribution in [0.4, 0.5) is 0 Å². The molecule has 0 radical (unpaired) electrons. The summed E-state index contributed by atoms with van der Waals surface area (Å²) in [6.45, 7) is 7.23. The van der Waals surface area contributed by atoms with Gasteiger partial charge in [-0.15, -0.1) is 24.0 Å². The second-order valence-electron chi connectivity index (χ2n) is 6.86. The molecule has 0 aliphatic carbocycles. The van der Waals surface area contributed by atoms with Crippen LogP contribution >= 0.6 is 24.0 Å². The lowest BCUT2D eigenvalue weighted by Crippen LogP contribution is -2.43. The Kier molecular flexibility index (Phi) is 9.62. The predicted molar refractivity (Wildman–Crippen MR) is 124 cm³/mol. The highest BCUT2D eigenvalue weighted by Gasteiger charge is 2.10. The van der Waals surface area contributed by atoms with Crippen molar-refractivity contribution in [2.24, 2.45) is 4.99 Å². The van der Waals surface area contributed by atoms with Gasteiger partial charge in [0.05, 0.1) is 0 Å². The van der Waals surface area contributed by atoms with Crippen LogP contribution < -0.4 is 10.6 Å². The van der Waals surface area contributed by atoms with Gasteiger partial charge in [0.2, 0.25) is 5.91 Å². The maximum Gasteiger partial charge on any atom is 0.243 e. The van der Waals surface area contributed by atoms with E-state index in [1.54, 1.807) is 19.0 Å². The van der Waals surface area contributed by atoms with E-state index in [4.69, 9.17) is 0 Å². The van der Waals surface area contributed by atoms with Crippen LogP contribution in [-0.4, -0.2) is 55.0 Å². The van der Waals surface area contributed by atoms with Crippen LogP contribution in [0.15, 0.2) is 29.3 Å². The monoisotopic (exact) mass is 485 g/mol. The van der Waals surface area contributed by atoms with Crippen LogP contribution in [0.2, 0.25) is 0 Å². The van der Waals surface area contributed by atoms with Crippen LogP contribution in [0.25, 0.3) is 10.9 Å². The van der Waals surface area contributed by atoms with Crippen molar-refractivity contribution in [3.63, 3.8) is 0 Å². The number of fused-ring (bicyclic) bond motifs is 1. The Morgan fingerprint density at radius 1 is 1.30 bits per heavy atom. The van der Waals surface area contributed by atoms with Crippen molar-refractivity contribution in [1.82, 2.24) is 20.5 Å². The number of likely N-dealkylation sites (N-methyl/N-ethyl adjacent to an activating group) is 1. The molecule has 0 saturated carbocycles. The summed E-state index contributed by atoms with van der Waals surface area (Å²) in [5.41, 5.74) is 3.69. The molecule has 2 rings (SSSR count). The van der Waals surface area contributed by atoms with Gasteiger partial charge >= 0.3 is 0 Å². The number of guanidine groups is 1. The zero-order valence-corrected chi connectivity index (χ0v) is 19.3. The minimum Gasteiger partial charge on any atom is -0.358 e. The van der Waals surface area contributed by atoms with E-state index in [2.05, 4.69) is 59.6 Å². The largest absolute Gasteiger partial charge is 0.358 e. The first-order valence-electron chi connectivity index (χ1n) is 9.23. The predicted octanol–water partition coefficient (Wildman–Crippen LogP) is 3.06. The van der Waals surface area contributed by atoms with Crippen molar-refractivity contribution in [3.05, 3.63) is 35.5 Å². The molecule has 0 saturated heterocycles. The molecule has 0 fully saturated rings. The van der Waals surface area contributed by atoms with E-state index in [0.717, 1.165) is 19.4 Å². The van der Waals surface area contributed by atoms with E-state index in [1.165, 1.54) is 22.2 Å². The molecule has 0 aliphatic rings. The zero-order chi connectivity index (χ0) is 19.1. The summed E-state index contributed by atoms with van der Waals surface area (Å²) < 4.78 is 0. The fraction of sp³-hybridized carbons (Fsp3) is 0.500. The fourth-order valence-corrected chi connectivity index (χ4v) is 2.74. The molecule has 1 atom stereocenters. The lowest BCUT2D eigenvalue weighted by atomic mass is 10.1. The Morgan fingerprint density at radius 3 is 2.67 bits per heavy atom. The third kappa shape index (κ3) is 6.71. The van der Waals surface area contributed by atoms with Crippen molar-refractivity contribution in [1.29, 1.82) is 0 Å². The lowest BCUT2D eigenvalue weighted by molar-refractivity contribution is -0.127. The number of hydrogen-bond donors (Lipinski definition) is 3. The second-order valence-corrected chi connectivity index (χ2v) is 6.86. The Morgan fingerprint density at radius 2 is 2.00 bits per heavy atom. The number of nitrogens with zero attached hydrogens (tertiary/aromatic N) is 2. The maximum atomic E-state index is 11.8. The van der Waals surface area contributed by atoms with Crippen LogP contribution in [0.5, 0.6) is 0 Å². The number of aryl methyl sites for hydroxylation is 1. The highest BCUT2D eigenvalue weighted by molar-refractivity contribution is 14.0. The van der Waals surface area contributed by atoms with Gasteiger partial charge in [-0.05, 0) is 38.3 Å². The van der Waals surface area contributed by atoms with Gasteiger partial charge in [0, 0.05) is 43.3 Å². The first-order chi connectivity index (χ1) is 12.4. The molecule has 0 bridgehead atoms. The SMILES string of the molecule is CCC(C)NC(=NCC(=O)N(C)C)NCCc1c(C)[nH]c2ccccc12.I. The number of aromatic amines is 1. The summed E-state index contributed by atoms with van der Waals surface area (Å²) in [5, 5.41) is 7.98. The number of halogens is 1. The van der Waals surface area contributed by atoms with Gasteiger partial charge in [0.1, 0.15) is 6.54 Å². The summed E-state index contributed by atoms with van der Waals surface area (Å²) in [6.07, 6.45) is 1.88. The van der Waals surface area contributed by atoms with E-state index in [-0.39, 0.29) is 36.4 Å². The number of hydrogen-bond acceptors (Lipinski definition) is 2. The highest BCUT2D eigenvalue weighted by Crippen LogP contribution is 2.21. The summed E-state index contributed by atoms with van der Waals surface area (Å²) in [6, 6.07) is 8.66. The number of aliphatic imine (C=N–C) groups is 1. The third-order valence-electron chi connectivity index (χ3n) is 4.56. The number of benzene rings is 1. The average molecular weight is 485 g/mol. The first-order valence-corrected chi connectivity index (χ1v) is 9.23. The molecule has 1 amide bonds. The highest BCUT2D eigenvalue weighted by atomic mass is 127. The van der Waals surface area contributed by atoms with Gasteiger partial charge in [0.15, 0.2) is 5.96 Å². The molecular formula is C20H32IN5O. The summed E-state index contributed by atoms with van der Waals surface area (Å²) in [7, 11) is 3.49.